The van der Waals surface area contributed by atoms with Crippen LogP contribution < -0.4 is 10.6 Å². The smallest absolute Gasteiger partial charge is 0.254 e. The zero-order valence-electron chi connectivity index (χ0n) is 15.0. The van der Waals surface area contributed by atoms with Gasteiger partial charge in [-0.25, -0.2) is 9.37 Å². The lowest BCUT2D eigenvalue weighted by molar-refractivity contribution is 0.0950. The van der Waals surface area contributed by atoms with Gasteiger partial charge in [0.2, 0.25) is 0 Å². The van der Waals surface area contributed by atoms with E-state index < -0.39 is 11.7 Å². The molecule has 0 saturated carbocycles. The van der Waals surface area contributed by atoms with Gasteiger partial charge in [0, 0.05) is 32.6 Å². The third kappa shape index (κ3) is 6.52. The van der Waals surface area contributed by atoms with E-state index >= 15 is 0 Å². The van der Waals surface area contributed by atoms with Crippen molar-refractivity contribution in [1.82, 2.24) is 20.5 Å². The van der Waals surface area contributed by atoms with Gasteiger partial charge in [0.15, 0.2) is 5.96 Å². The molecule has 0 atom stereocenters. The van der Waals surface area contributed by atoms with Crippen molar-refractivity contribution in [3.63, 3.8) is 0 Å². The molecule has 1 aromatic heterocycles. The molecule has 0 spiro atoms. The van der Waals surface area contributed by atoms with Gasteiger partial charge in [0.25, 0.3) is 5.91 Å². The summed E-state index contributed by atoms with van der Waals surface area (Å²) in [6, 6.07) is 5.91. The molecule has 2 rings (SSSR count). The van der Waals surface area contributed by atoms with Gasteiger partial charge in [-0.2, -0.15) is 0 Å². The van der Waals surface area contributed by atoms with Gasteiger partial charge < -0.3 is 15.5 Å². The molecule has 1 aromatic carbocycles. The number of aromatic nitrogens is 1. The average Bonchev–Trinajstić information content (AvgIpc) is 2.99. The maximum atomic E-state index is 13.5. The molecule has 0 fully saturated rings. The van der Waals surface area contributed by atoms with E-state index in [1.807, 2.05) is 24.3 Å². The van der Waals surface area contributed by atoms with E-state index in [2.05, 4.69) is 20.6 Å². The van der Waals surface area contributed by atoms with Crippen molar-refractivity contribution in [3.8, 4) is 0 Å². The molecule has 1 heterocycles. The monoisotopic (exact) mass is 491 g/mol. The summed E-state index contributed by atoms with van der Waals surface area (Å²) in [6.07, 6.45) is 0. The highest BCUT2D eigenvalue weighted by Crippen LogP contribution is 2.09. The van der Waals surface area contributed by atoms with Crippen LogP contribution in [0.5, 0.6) is 0 Å². The van der Waals surface area contributed by atoms with E-state index in [1.165, 1.54) is 12.1 Å². The molecular formula is C17H23FIN5OS. The first kappa shape index (κ1) is 22.3. The molecule has 0 unspecified atom stereocenters. The zero-order chi connectivity index (χ0) is 18.2. The lowest BCUT2D eigenvalue weighted by Crippen LogP contribution is -2.42. The number of hydrogen-bond donors (Lipinski definition) is 2. The Balaban J connectivity index is 0.00000338. The Morgan fingerprint density at radius 2 is 2.00 bits per heavy atom. The molecule has 0 aliphatic heterocycles. The molecule has 0 radical (unpaired) electrons. The highest BCUT2D eigenvalue weighted by molar-refractivity contribution is 14.0. The van der Waals surface area contributed by atoms with Gasteiger partial charge in [0.1, 0.15) is 5.82 Å². The van der Waals surface area contributed by atoms with Crippen LogP contribution in [0.1, 0.15) is 21.1 Å². The van der Waals surface area contributed by atoms with Gasteiger partial charge in [0.05, 0.1) is 22.8 Å². The Morgan fingerprint density at radius 1 is 1.31 bits per heavy atom. The molecule has 142 valence electrons. The average molecular weight is 491 g/mol. The summed E-state index contributed by atoms with van der Waals surface area (Å²) in [4.78, 5) is 22.5. The molecule has 26 heavy (non-hydrogen) atoms. The number of rotatable bonds is 6. The number of aliphatic imine (C=N–C) groups is 1. The van der Waals surface area contributed by atoms with Gasteiger partial charge >= 0.3 is 0 Å². The van der Waals surface area contributed by atoms with E-state index in [1.54, 1.807) is 30.5 Å². The third-order valence-corrected chi connectivity index (χ3v) is 4.27. The Morgan fingerprint density at radius 3 is 2.62 bits per heavy atom. The van der Waals surface area contributed by atoms with Crippen LogP contribution in [0.3, 0.4) is 0 Å². The lowest BCUT2D eigenvalue weighted by atomic mass is 10.2. The quantitative estimate of drug-likeness (QED) is 0.282. The van der Waals surface area contributed by atoms with Crippen LogP contribution in [0.25, 0.3) is 0 Å². The van der Waals surface area contributed by atoms with Gasteiger partial charge in [-0.05, 0) is 19.1 Å². The van der Waals surface area contributed by atoms with Crippen LogP contribution in [0.2, 0.25) is 0 Å². The Bertz CT molecular complexity index is 752. The molecule has 0 saturated heterocycles. The van der Waals surface area contributed by atoms with Crippen molar-refractivity contribution < 1.29 is 9.18 Å². The molecule has 0 aliphatic rings. The number of nitrogens with zero attached hydrogens (tertiary/aromatic N) is 3. The second-order valence-electron chi connectivity index (χ2n) is 5.42. The number of aryl methyl sites for hydroxylation is 1. The highest BCUT2D eigenvalue weighted by atomic mass is 127. The highest BCUT2D eigenvalue weighted by Gasteiger charge is 2.11. The van der Waals surface area contributed by atoms with Gasteiger partial charge in [-0.3, -0.25) is 9.79 Å². The fourth-order valence-corrected chi connectivity index (χ4v) is 2.88. The Labute approximate surface area is 173 Å². The number of guanidine groups is 1. The molecule has 1 amide bonds. The lowest BCUT2D eigenvalue weighted by Gasteiger charge is -2.21. The van der Waals surface area contributed by atoms with Crippen molar-refractivity contribution in [3.05, 3.63) is 51.7 Å². The molecule has 2 N–H and O–H groups in total. The summed E-state index contributed by atoms with van der Waals surface area (Å²) < 4.78 is 13.5. The number of halogens is 2. The number of carbonyl (C=O) groups is 1. The summed E-state index contributed by atoms with van der Waals surface area (Å²) in [5.74, 6) is -0.256. The first-order chi connectivity index (χ1) is 12.0. The van der Waals surface area contributed by atoms with Crippen molar-refractivity contribution in [2.24, 2.45) is 4.99 Å². The second-order valence-corrected chi connectivity index (χ2v) is 6.49. The minimum atomic E-state index is -0.526. The van der Waals surface area contributed by atoms with Crippen LogP contribution in [0, 0.1) is 12.7 Å². The minimum Gasteiger partial charge on any atom is -0.354 e. The van der Waals surface area contributed by atoms with E-state index in [4.69, 9.17) is 0 Å². The minimum absolute atomic E-state index is 0. The predicted octanol–water partition coefficient (Wildman–Crippen LogP) is 2.65. The zero-order valence-corrected chi connectivity index (χ0v) is 18.1. The van der Waals surface area contributed by atoms with Crippen molar-refractivity contribution in [2.45, 2.75) is 13.5 Å². The van der Waals surface area contributed by atoms with Crippen molar-refractivity contribution in [2.75, 3.05) is 27.2 Å². The van der Waals surface area contributed by atoms with E-state index in [0.717, 1.165) is 10.7 Å². The molecule has 6 nitrogen and oxygen atoms in total. The summed E-state index contributed by atoms with van der Waals surface area (Å²) in [6.45, 7) is 3.45. The Hall–Kier alpha value is -1.75. The number of amides is 1. The maximum Gasteiger partial charge on any atom is 0.254 e. The summed E-state index contributed by atoms with van der Waals surface area (Å²) in [7, 11) is 3.62. The van der Waals surface area contributed by atoms with E-state index in [-0.39, 0.29) is 29.5 Å². The van der Waals surface area contributed by atoms with E-state index in [9.17, 15) is 9.18 Å². The number of hydrogen-bond acceptors (Lipinski definition) is 4. The summed E-state index contributed by atoms with van der Waals surface area (Å²) in [5, 5.41) is 8.90. The summed E-state index contributed by atoms with van der Waals surface area (Å²) in [5.41, 5.74) is 1.03. The number of nitrogens with one attached hydrogen (secondary N) is 2. The number of carbonyl (C=O) groups excluding carboxylic acids is 1. The predicted molar refractivity (Wildman–Crippen MR) is 114 cm³/mol. The van der Waals surface area contributed by atoms with Crippen LogP contribution in [0.15, 0.2) is 34.6 Å². The van der Waals surface area contributed by atoms with Crippen LogP contribution in [-0.2, 0) is 6.54 Å². The maximum absolute atomic E-state index is 13.5. The molecule has 9 heteroatoms. The number of thiazole rings is 1. The normalized spacial score (nSPS) is 10.8. The molecule has 2 aromatic rings. The standard InChI is InChI=1S/C17H22FN5OS.HI/c1-12-22-13(11-25-12)10-23(3)17(19-2)21-9-8-20-16(24)14-6-4-5-7-15(14)18;/h4-7,11H,8-10H2,1-3H3,(H,19,21)(H,20,24);1H. The first-order valence-electron chi connectivity index (χ1n) is 7.86. The fraction of sp³-hybridized carbons (Fsp3) is 0.353. The Kier molecular flexibility index (Phi) is 9.49. The van der Waals surface area contributed by atoms with Crippen LogP contribution >= 0.6 is 35.3 Å². The fourth-order valence-electron chi connectivity index (χ4n) is 2.27. The largest absolute Gasteiger partial charge is 0.354 e. The number of benzene rings is 1. The van der Waals surface area contributed by atoms with E-state index in [0.29, 0.717) is 25.6 Å². The van der Waals surface area contributed by atoms with Crippen molar-refractivity contribution in [1.29, 1.82) is 0 Å². The van der Waals surface area contributed by atoms with Crippen molar-refractivity contribution >= 4 is 47.2 Å². The molecule has 0 aliphatic carbocycles. The molecule has 0 bridgehead atoms. The first-order valence-corrected chi connectivity index (χ1v) is 8.74. The summed E-state index contributed by atoms with van der Waals surface area (Å²) >= 11 is 1.61. The molecular weight excluding hydrogens is 468 g/mol. The van der Waals surface area contributed by atoms with Crippen LogP contribution in [-0.4, -0.2) is 48.9 Å². The van der Waals surface area contributed by atoms with Gasteiger partial charge in [-0.1, -0.05) is 12.1 Å². The van der Waals surface area contributed by atoms with Gasteiger partial charge in [-0.15, -0.1) is 35.3 Å². The SMILES string of the molecule is CN=C(NCCNC(=O)c1ccccc1F)N(C)Cc1csc(C)n1.I. The third-order valence-electron chi connectivity index (χ3n) is 3.45. The topological polar surface area (TPSA) is 69.6 Å². The van der Waals surface area contributed by atoms with Crippen LogP contribution in [0.4, 0.5) is 4.39 Å². The second kappa shape index (κ2) is 11.1.